The average molecular weight is 544 g/mol. The second-order valence-electron chi connectivity index (χ2n) is 14.0. The fourth-order valence-electron chi connectivity index (χ4n) is 6.19. The lowest BCUT2D eigenvalue weighted by Gasteiger charge is -2.49. The molecular weight excluding hydrogens is 486 g/mol. The van der Waals surface area contributed by atoms with Gasteiger partial charge >= 0.3 is 0 Å². The minimum Gasteiger partial charge on any atom is -0.334 e. The van der Waals surface area contributed by atoms with Crippen LogP contribution >= 0.6 is 0 Å². The van der Waals surface area contributed by atoms with Crippen molar-refractivity contribution in [3.05, 3.63) is 23.3 Å². The van der Waals surface area contributed by atoms with Gasteiger partial charge in [-0.3, -0.25) is 4.79 Å². The summed E-state index contributed by atoms with van der Waals surface area (Å²) in [6, 6.07) is 2.26. The maximum atomic E-state index is 12.3. The molecule has 0 aromatic rings. The van der Waals surface area contributed by atoms with E-state index in [1.54, 1.807) is 19.1 Å². The van der Waals surface area contributed by atoms with Crippen LogP contribution in [0, 0.1) is 35.0 Å². The molecule has 0 amide bonds. The summed E-state index contributed by atoms with van der Waals surface area (Å²) in [4.78, 5) is 24.3. The van der Waals surface area contributed by atoms with Crippen LogP contribution in [0.25, 0.3) is 0 Å². The van der Waals surface area contributed by atoms with Crippen molar-refractivity contribution in [1.82, 2.24) is 0 Å². The standard InChI is InChI=1S/C34H57NO4/c1-25(2)13-10-14-27(5)15-11-16-28(6)17-12-19-32(8)20-18-30-22-31(36)21-29(7)34(30,37-32)39-38-33(9,24-35)23-26(3)4/h21-22,25-28H,10-20,23H2,1-9H3/t27-,28-,32-,33+,34+/m1/s1. The Labute approximate surface area is 239 Å². The Kier molecular flexibility index (Phi) is 12.9. The van der Waals surface area contributed by atoms with Crippen LogP contribution < -0.4 is 0 Å². The van der Waals surface area contributed by atoms with E-state index in [-0.39, 0.29) is 11.7 Å². The van der Waals surface area contributed by atoms with Crippen molar-refractivity contribution < 1.29 is 19.3 Å². The van der Waals surface area contributed by atoms with Gasteiger partial charge in [0, 0.05) is 0 Å². The lowest BCUT2D eigenvalue weighted by molar-refractivity contribution is -0.452. The Morgan fingerprint density at radius 1 is 0.974 bits per heavy atom. The SMILES string of the molecule is CC1=CC(=O)C=C2CC[C@@](C)(CCC[C@H](C)CCC[C@H](C)CCCC(C)C)O[C@]12OO[C@](C)(C#N)CC(C)C. The molecule has 0 spiro atoms. The molecule has 0 bridgehead atoms. The van der Waals surface area contributed by atoms with E-state index in [2.05, 4.69) is 54.5 Å². The van der Waals surface area contributed by atoms with Crippen molar-refractivity contribution in [2.24, 2.45) is 23.7 Å². The lowest BCUT2D eigenvalue weighted by atomic mass is 9.79. The highest BCUT2D eigenvalue weighted by atomic mass is 17.2. The summed E-state index contributed by atoms with van der Waals surface area (Å²) in [6.45, 7) is 19.3. The number of nitriles is 1. The minimum absolute atomic E-state index is 0.0535. The molecule has 1 aliphatic heterocycles. The van der Waals surface area contributed by atoms with Crippen molar-refractivity contribution in [3.63, 3.8) is 0 Å². The van der Waals surface area contributed by atoms with Gasteiger partial charge in [0.1, 0.15) is 6.07 Å². The Balaban J connectivity index is 1.94. The topological polar surface area (TPSA) is 68.6 Å². The average Bonchev–Trinajstić information content (AvgIpc) is 2.83. The number of carbonyl (C=O) groups is 1. The molecule has 5 atom stereocenters. The fraction of sp³-hybridized carbons (Fsp3) is 0.824. The third-order valence-corrected chi connectivity index (χ3v) is 8.58. The second-order valence-corrected chi connectivity index (χ2v) is 14.0. The van der Waals surface area contributed by atoms with Crippen molar-refractivity contribution in [1.29, 1.82) is 5.26 Å². The molecule has 1 fully saturated rings. The van der Waals surface area contributed by atoms with Gasteiger partial charge in [-0.15, -0.1) is 0 Å². The van der Waals surface area contributed by atoms with E-state index in [0.717, 1.165) is 36.7 Å². The van der Waals surface area contributed by atoms with Crippen LogP contribution in [0.3, 0.4) is 0 Å². The van der Waals surface area contributed by atoms with Gasteiger partial charge in [-0.05, 0) is 93.4 Å². The number of ether oxygens (including phenoxy) is 1. The van der Waals surface area contributed by atoms with Crippen molar-refractivity contribution in [2.45, 2.75) is 156 Å². The van der Waals surface area contributed by atoms with Gasteiger partial charge in [-0.1, -0.05) is 92.9 Å². The number of hydrogen-bond donors (Lipinski definition) is 0. The summed E-state index contributed by atoms with van der Waals surface area (Å²) >= 11 is 0. The Bertz CT molecular complexity index is 899. The maximum absolute atomic E-state index is 12.3. The predicted octanol–water partition coefficient (Wildman–Crippen LogP) is 9.42. The highest BCUT2D eigenvalue weighted by Crippen LogP contribution is 2.48. The second kappa shape index (κ2) is 14.9. The van der Waals surface area contributed by atoms with E-state index < -0.39 is 17.0 Å². The first-order valence-electron chi connectivity index (χ1n) is 15.6. The molecule has 0 saturated carbocycles. The molecule has 1 aliphatic carbocycles. The van der Waals surface area contributed by atoms with Crippen LogP contribution in [0.1, 0.15) is 139 Å². The number of allylic oxidation sites excluding steroid dienone is 2. The quantitative estimate of drug-likeness (QED) is 0.135. The Morgan fingerprint density at radius 2 is 1.56 bits per heavy atom. The van der Waals surface area contributed by atoms with Crippen molar-refractivity contribution in [3.8, 4) is 6.07 Å². The molecule has 222 valence electrons. The smallest absolute Gasteiger partial charge is 0.247 e. The highest BCUT2D eigenvalue weighted by Gasteiger charge is 2.52. The van der Waals surface area contributed by atoms with E-state index >= 15 is 0 Å². The highest BCUT2D eigenvalue weighted by molar-refractivity contribution is 6.02. The normalized spacial score (nSPS) is 26.5. The molecule has 1 saturated heterocycles. The van der Waals surface area contributed by atoms with Gasteiger partial charge in [0.25, 0.3) is 0 Å². The van der Waals surface area contributed by atoms with Crippen LogP contribution in [-0.2, 0) is 19.3 Å². The van der Waals surface area contributed by atoms with Gasteiger partial charge < -0.3 is 4.74 Å². The molecule has 0 aromatic carbocycles. The summed E-state index contributed by atoms with van der Waals surface area (Å²) in [5.41, 5.74) is -0.0432. The molecular formula is C34H57NO4. The molecule has 0 unspecified atom stereocenters. The molecule has 5 heteroatoms. The van der Waals surface area contributed by atoms with E-state index in [4.69, 9.17) is 14.5 Å². The largest absolute Gasteiger partial charge is 0.334 e. The number of rotatable bonds is 17. The fourth-order valence-corrected chi connectivity index (χ4v) is 6.19. The zero-order valence-corrected chi connectivity index (χ0v) is 26.5. The van der Waals surface area contributed by atoms with Gasteiger partial charge in [-0.25, -0.2) is 4.89 Å². The van der Waals surface area contributed by atoms with Crippen LogP contribution in [0.4, 0.5) is 0 Å². The maximum Gasteiger partial charge on any atom is 0.247 e. The van der Waals surface area contributed by atoms with Crippen molar-refractivity contribution in [2.75, 3.05) is 0 Å². The van der Waals surface area contributed by atoms with Crippen LogP contribution in [0.15, 0.2) is 23.3 Å². The summed E-state index contributed by atoms with van der Waals surface area (Å²) < 4.78 is 6.77. The van der Waals surface area contributed by atoms with E-state index in [0.29, 0.717) is 24.3 Å². The zero-order chi connectivity index (χ0) is 29.3. The third-order valence-electron chi connectivity index (χ3n) is 8.58. The number of carbonyl (C=O) groups excluding carboxylic acids is 1. The lowest BCUT2D eigenvalue weighted by Crippen LogP contribution is -2.53. The molecule has 0 aromatic heterocycles. The first-order valence-corrected chi connectivity index (χ1v) is 15.6. The Hall–Kier alpha value is -1.48. The first-order chi connectivity index (χ1) is 18.2. The first kappa shape index (κ1) is 33.7. The monoisotopic (exact) mass is 543 g/mol. The van der Waals surface area contributed by atoms with Gasteiger partial charge in [-0.2, -0.15) is 10.1 Å². The summed E-state index contributed by atoms with van der Waals surface area (Å²) in [6.07, 6.45) is 16.4. The molecule has 39 heavy (non-hydrogen) atoms. The van der Waals surface area contributed by atoms with E-state index in [9.17, 15) is 10.1 Å². The van der Waals surface area contributed by atoms with E-state index in [1.165, 1.54) is 44.9 Å². The van der Waals surface area contributed by atoms with Gasteiger partial charge in [0.15, 0.2) is 11.4 Å². The number of fused-ring (bicyclic) bond motifs is 1. The molecule has 5 nitrogen and oxygen atoms in total. The van der Waals surface area contributed by atoms with Crippen LogP contribution in [0.2, 0.25) is 0 Å². The molecule has 0 N–H and O–H groups in total. The van der Waals surface area contributed by atoms with Crippen LogP contribution in [0.5, 0.6) is 0 Å². The number of hydrogen-bond acceptors (Lipinski definition) is 5. The summed E-state index contributed by atoms with van der Waals surface area (Å²) in [5.74, 6) is 1.30. The molecule has 1 heterocycles. The van der Waals surface area contributed by atoms with E-state index in [1.807, 2.05) is 6.92 Å². The Morgan fingerprint density at radius 3 is 2.13 bits per heavy atom. The van der Waals surface area contributed by atoms with Gasteiger partial charge in [0.2, 0.25) is 5.79 Å². The molecule has 2 aliphatic rings. The molecule has 2 rings (SSSR count). The number of ketones is 1. The summed E-state index contributed by atoms with van der Waals surface area (Å²) in [5, 5.41) is 9.81. The third kappa shape index (κ3) is 10.5. The molecule has 0 radical (unpaired) electrons. The van der Waals surface area contributed by atoms with Crippen molar-refractivity contribution >= 4 is 5.78 Å². The zero-order valence-electron chi connectivity index (χ0n) is 26.5. The summed E-state index contributed by atoms with van der Waals surface area (Å²) in [7, 11) is 0. The predicted molar refractivity (Wildman–Crippen MR) is 159 cm³/mol. The minimum atomic E-state index is -1.26. The van der Waals surface area contributed by atoms with Crippen LogP contribution in [-0.4, -0.2) is 22.8 Å². The number of nitrogens with zero attached hydrogens (tertiary/aromatic N) is 1. The van der Waals surface area contributed by atoms with Gasteiger partial charge in [0.05, 0.1) is 5.60 Å².